The molecule has 0 radical (unpaired) electrons. The molecule has 2 aromatic carbocycles. The molecule has 0 saturated heterocycles. The van der Waals surface area contributed by atoms with Crippen LogP contribution in [-0.2, 0) is 11.8 Å². The molecule has 0 atom stereocenters. The van der Waals surface area contributed by atoms with Crippen LogP contribution in [0.3, 0.4) is 0 Å². The number of aromatic nitrogens is 1. The van der Waals surface area contributed by atoms with E-state index in [-0.39, 0.29) is 5.97 Å². The van der Waals surface area contributed by atoms with E-state index >= 15 is 0 Å². The van der Waals surface area contributed by atoms with Crippen LogP contribution in [0.4, 0.5) is 0 Å². The van der Waals surface area contributed by atoms with E-state index in [0.717, 1.165) is 5.52 Å². The molecule has 0 spiro atoms. The molecule has 0 unspecified atom stereocenters. The topological polar surface area (TPSA) is 31.2 Å². The van der Waals surface area contributed by atoms with Crippen molar-refractivity contribution in [3.8, 4) is 11.3 Å². The van der Waals surface area contributed by atoms with Crippen LogP contribution in [0.5, 0.6) is 0 Å². The summed E-state index contributed by atoms with van der Waals surface area (Å²) in [6.07, 6.45) is 5.10. The number of methoxy groups -OCH3 is 1. The Balaban J connectivity index is 1.99. The summed E-state index contributed by atoms with van der Waals surface area (Å²) in [5.41, 5.74) is 5.67. The molecule has 3 nitrogen and oxygen atoms in total. The lowest BCUT2D eigenvalue weighted by molar-refractivity contribution is 0.0601. The van der Waals surface area contributed by atoms with Crippen molar-refractivity contribution in [2.75, 3.05) is 7.11 Å². The van der Waals surface area contributed by atoms with Crippen LogP contribution in [-0.4, -0.2) is 17.6 Å². The molecule has 0 amide bonds. The van der Waals surface area contributed by atoms with Crippen molar-refractivity contribution in [3.63, 3.8) is 0 Å². The predicted octanol–water partition coefficient (Wildman–Crippen LogP) is 5.29. The summed E-state index contributed by atoms with van der Waals surface area (Å²) in [6, 6.07) is 16.5. The first-order valence-corrected chi connectivity index (χ1v) is 8.96. The largest absolute Gasteiger partial charge is 0.465 e. The molecule has 4 rings (SSSR count). The van der Waals surface area contributed by atoms with Crippen LogP contribution in [0.15, 0.2) is 48.5 Å². The van der Waals surface area contributed by atoms with Crippen molar-refractivity contribution in [2.45, 2.75) is 31.6 Å². The van der Waals surface area contributed by atoms with Crippen molar-refractivity contribution >= 4 is 16.9 Å². The molecule has 1 saturated carbocycles. The van der Waals surface area contributed by atoms with Gasteiger partial charge in [0.2, 0.25) is 0 Å². The molecular formula is C22H23NO2. The van der Waals surface area contributed by atoms with Gasteiger partial charge in [0.15, 0.2) is 0 Å². The second-order valence-corrected chi connectivity index (χ2v) is 6.89. The van der Waals surface area contributed by atoms with Crippen LogP contribution < -0.4 is 0 Å². The van der Waals surface area contributed by atoms with Crippen molar-refractivity contribution in [3.05, 3.63) is 59.7 Å². The second kappa shape index (κ2) is 6.40. The summed E-state index contributed by atoms with van der Waals surface area (Å²) in [5, 5.41) is 1.26. The Kier molecular flexibility index (Phi) is 4.08. The number of carbonyl (C=O) groups excluding carboxylic acids is 1. The first-order chi connectivity index (χ1) is 12.2. The van der Waals surface area contributed by atoms with Gasteiger partial charge in [-0.3, -0.25) is 0 Å². The quantitative estimate of drug-likeness (QED) is 0.610. The maximum atomic E-state index is 12.0. The van der Waals surface area contributed by atoms with Gasteiger partial charge in [0.25, 0.3) is 0 Å². The van der Waals surface area contributed by atoms with Crippen molar-refractivity contribution in [1.82, 2.24) is 4.57 Å². The van der Waals surface area contributed by atoms with Crippen LogP contribution >= 0.6 is 0 Å². The van der Waals surface area contributed by atoms with Gasteiger partial charge in [-0.25, -0.2) is 4.79 Å². The molecule has 0 aliphatic heterocycles. The van der Waals surface area contributed by atoms with Crippen LogP contribution in [0.1, 0.15) is 47.5 Å². The molecule has 3 heteroatoms. The van der Waals surface area contributed by atoms with Gasteiger partial charge in [-0.05, 0) is 42.0 Å². The van der Waals surface area contributed by atoms with Gasteiger partial charge in [0.1, 0.15) is 0 Å². The maximum absolute atomic E-state index is 12.0. The highest BCUT2D eigenvalue weighted by Crippen LogP contribution is 2.44. The number of hydrogen-bond acceptors (Lipinski definition) is 2. The van der Waals surface area contributed by atoms with E-state index in [9.17, 15) is 4.79 Å². The number of fused-ring (bicyclic) bond motifs is 1. The molecule has 1 aromatic heterocycles. The Bertz CT molecular complexity index is 918. The van der Waals surface area contributed by atoms with Gasteiger partial charge >= 0.3 is 5.97 Å². The fourth-order valence-corrected chi connectivity index (χ4v) is 4.28. The second-order valence-electron chi connectivity index (χ2n) is 6.89. The fraction of sp³-hybridized carbons (Fsp3) is 0.318. The maximum Gasteiger partial charge on any atom is 0.337 e. The molecule has 1 aliphatic carbocycles. The summed E-state index contributed by atoms with van der Waals surface area (Å²) >= 11 is 0. The lowest BCUT2D eigenvalue weighted by atomic mass is 9.92. The lowest BCUT2D eigenvalue weighted by Crippen LogP contribution is -2.01. The Hall–Kier alpha value is -2.55. The minimum atomic E-state index is -0.285. The smallest absolute Gasteiger partial charge is 0.337 e. The zero-order valence-electron chi connectivity index (χ0n) is 14.8. The first kappa shape index (κ1) is 15.9. The van der Waals surface area contributed by atoms with E-state index in [1.165, 1.54) is 55.0 Å². The minimum Gasteiger partial charge on any atom is -0.465 e. The van der Waals surface area contributed by atoms with Gasteiger partial charge in [-0.1, -0.05) is 49.2 Å². The average Bonchev–Trinajstić information content (AvgIpc) is 3.28. The zero-order chi connectivity index (χ0) is 17.4. The third kappa shape index (κ3) is 2.64. The summed E-state index contributed by atoms with van der Waals surface area (Å²) in [6.45, 7) is 0. The Labute approximate surface area is 148 Å². The van der Waals surface area contributed by atoms with E-state index in [0.29, 0.717) is 11.5 Å². The predicted molar refractivity (Wildman–Crippen MR) is 101 cm³/mol. The molecule has 1 heterocycles. The van der Waals surface area contributed by atoms with Gasteiger partial charge in [0.05, 0.1) is 18.4 Å². The van der Waals surface area contributed by atoms with E-state index in [1.807, 2.05) is 12.1 Å². The van der Waals surface area contributed by atoms with Crippen LogP contribution in [0.2, 0.25) is 0 Å². The number of benzene rings is 2. The number of esters is 1. The molecule has 25 heavy (non-hydrogen) atoms. The summed E-state index contributed by atoms with van der Waals surface area (Å²) < 4.78 is 7.14. The zero-order valence-corrected chi connectivity index (χ0v) is 14.8. The van der Waals surface area contributed by atoms with Crippen molar-refractivity contribution in [2.24, 2.45) is 7.05 Å². The number of aryl methyl sites for hydroxylation is 1. The third-order valence-electron chi connectivity index (χ3n) is 5.47. The Morgan fingerprint density at radius 1 is 1.08 bits per heavy atom. The highest BCUT2D eigenvalue weighted by molar-refractivity contribution is 5.98. The fourth-order valence-electron chi connectivity index (χ4n) is 4.28. The van der Waals surface area contributed by atoms with E-state index in [4.69, 9.17) is 4.74 Å². The molecule has 128 valence electrons. The van der Waals surface area contributed by atoms with Gasteiger partial charge in [-0.2, -0.15) is 0 Å². The Morgan fingerprint density at radius 2 is 1.80 bits per heavy atom. The van der Waals surface area contributed by atoms with Gasteiger partial charge in [-0.15, -0.1) is 0 Å². The number of carbonyl (C=O) groups is 1. The van der Waals surface area contributed by atoms with E-state index in [1.54, 1.807) is 0 Å². The normalized spacial score (nSPS) is 15.0. The third-order valence-corrected chi connectivity index (χ3v) is 5.47. The molecule has 0 N–H and O–H groups in total. The molecule has 1 aliphatic rings. The SMILES string of the molecule is COC(=O)c1ccc2c(C3CCCC3)c(-c3ccccc3)n(C)c2c1. The standard InChI is InChI=1S/C22H23NO2/c1-23-19-14-17(22(24)25-2)12-13-18(19)20(15-8-6-7-9-15)21(23)16-10-4-3-5-11-16/h3-5,10-15H,6-9H2,1-2H3. The number of ether oxygens (including phenoxy) is 1. The van der Waals surface area contributed by atoms with Gasteiger partial charge < -0.3 is 9.30 Å². The van der Waals surface area contributed by atoms with Crippen LogP contribution in [0, 0.1) is 0 Å². The Morgan fingerprint density at radius 3 is 2.48 bits per heavy atom. The minimum absolute atomic E-state index is 0.285. The summed E-state index contributed by atoms with van der Waals surface area (Å²) in [7, 11) is 3.53. The van der Waals surface area contributed by atoms with Crippen LogP contribution in [0.25, 0.3) is 22.2 Å². The summed E-state index contributed by atoms with van der Waals surface area (Å²) in [4.78, 5) is 12.0. The molecule has 3 aromatic rings. The van der Waals surface area contributed by atoms with Gasteiger partial charge in [0, 0.05) is 18.0 Å². The number of nitrogens with zero attached hydrogens (tertiary/aromatic N) is 1. The highest BCUT2D eigenvalue weighted by Gasteiger charge is 2.26. The average molecular weight is 333 g/mol. The van der Waals surface area contributed by atoms with E-state index in [2.05, 4.69) is 48.0 Å². The molecule has 1 fully saturated rings. The van der Waals surface area contributed by atoms with E-state index < -0.39 is 0 Å². The first-order valence-electron chi connectivity index (χ1n) is 8.96. The molecule has 0 bridgehead atoms. The highest BCUT2D eigenvalue weighted by atomic mass is 16.5. The van der Waals surface area contributed by atoms with Crippen molar-refractivity contribution < 1.29 is 9.53 Å². The number of hydrogen-bond donors (Lipinski definition) is 0. The molecular weight excluding hydrogens is 310 g/mol. The van der Waals surface area contributed by atoms with Crippen molar-refractivity contribution in [1.29, 1.82) is 0 Å². The summed E-state index contributed by atoms with van der Waals surface area (Å²) in [5.74, 6) is 0.315. The monoisotopic (exact) mass is 333 g/mol. The number of rotatable bonds is 3. The lowest BCUT2D eigenvalue weighted by Gasteiger charge is -2.13.